The van der Waals surface area contributed by atoms with Crippen LogP contribution in [0, 0.1) is 0 Å². The van der Waals surface area contributed by atoms with Gasteiger partial charge in [-0.25, -0.2) is 19.6 Å². The van der Waals surface area contributed by atoms with Crippen LogP contribution in [0.4, 0.5) is 73.6 Å². The number of aliphatic hydroxyl groups excluding tert-OH is 1. The van der Waals surface area contributed by atoms with Crippen molar-refractivity contribution >= 4 is 29.3 Å². The smallest absolute Gasteiger partial charge is 0.426 e. The SMILES string of the molecule is C[C@@H]1CCC(=O)CC[C@](OCc2ccccc2)(C(F)(F)F)c2nnc(o2)-c2nc(c(C(F)(F)F)cc2NC(=O)OC(C)(C)C)O1.C[C@@H]1CCC(O)CC[C@](OCc2ccccc2)(C(F)(F)F)c2nnc(o2)-c2nc(c(C(F)(F)F)cc2NC(=O)OC(C)(C)C)O1. The highest BCUT2D eigenvalue weighted by Crippen LogP contribution is 2.50. The van der Waals surface area contributed by atoms with Gasteiger partial charge in [-0.05, 0) is 111 Å². The van der Waals surface area contributed by atoms with E-state index in [2.05, 4.69) is 41.0 Å². The monoisotopic (exact) mass is 1290 g/mol. The zero-order chi connectivity index (χ0) is 66.4. The fourth-order valence-electron chi connectivity index (χ4n) is 8.86. The van der Waals surface area contributed by atoms with Crippen LogP contribution < -0.4 is 20.1 Å². The van der Waals surface area contributed by atoms with Gasteiger partial charge in [0.2, 0.25) is 23.0 Å². The Bertz CT molecular complexity index is 3440. The second-order valence-electron chi connectivity index (χ2n) is 23.0. The summed E-state index contributed by atoms with van der Waals surface area (Å²) in [7, 11) is 0. The molecule has 6 aromatic rings. The van der Waals surface area contributed by atoms with Crippen LogP contribution in [-0.2, 0) is 60.5 Å². The number of nitrogens with one attached hydrogen (secondary N) is 2. The molecule has 1 unspecified atom stereocenters. The van der Waals surface area contributed by atoms with Gasteiger partial charge in [0, 0.05) is 19.3 Å². The fourth-order valence-corrected chi connectivity index (χ4v) is 8.86. The molecule has 20 nitrogen and oxygen atoms in total. The molecule has 2 aliphatic rings. The molecule has 3 N–H and O–H groups in total. The standard InChI is InChI=1S/C29H32F6N4O6.C29H30F6N4O6/c2*1-16-10-11-18(40)12-13-27(29(33,34)35,42-15-17-8-6-5-7-9-17)24-39-38-23(44-24)21-20(36-25(41)45-26(2,3)4)14-19(28(30,31)32)22(37-21)43-16/h5-9,14,16,18,40H,10-13,15H2,1-4H3,(H,36,41);5-9,14,16H,10-13,15H2,1-4H3,(H,36,41)/t16-,18?,27-;16-,27-/m11/s1. The van der Waals surface area contributed by atoms with E-state index in [0.29, 0.717) is 23.3 Å². The molecule has 2 aromatic carbocycles. The van der Waals surface area contributed by atoms with Crippen molar-refractivity contribution in [3.63, 3.8) is 0 Å². The van der Waals surface area contributed by atoms with Gasteiger partial charge in [0.05, 0.1) is 42.9 Å². The van der Waals surface area contributed by atoms with E-state index in [9.17, 15) is 72.2 Å². The number of pyridine rings is 2. The Morgan fingerprint density at radius 1 is 0.567 bits per heavy atom. The van der Waals surface area contributed by atoms with E-state index >= 15 is 0 Å². The number of aliphatic hydroxyl groups is 1. The maximum absolute atomic E-state index is 15.0. The lowest BCUT2D eigenvalue weighted by Crippen LogP contribution is -2.46. The Labute approximate surface area is 505 Å². The summed E-state index contributed by atoms with van der Waals surface area (Å²) in [4.78, 5) is 45.7. The Morgan fingerprint density at radius 2 is 0.967 bits per heavy atom. The van der Waals surface area contributed by atoms with Gasteiger partial charge >= 0.3 is 36.9 Å². The third-order valence-electron chi connectivity index (χ3n) is 13.3. The number of nitrogens with zero attached hydrogens (tertiary/aromatic N) is 6. The van der Waals surface area contributed by atoms with E-state index in [-0.39, 0.29) is 25.7 Å². The second-order valence-corrected chi connectivity index (χ2v) is 23.0. The summed E-state index contributed by atoms with van der Waals surface area (Å²) in [6.07, 6.45) is -29.6. The highest BCUT2D eigenvalue weighted by Gasteiger charge is 2.63. The quantitative estimate of drug-likeness (QED) is 0.120. The number of ketones is 1. The molecule has 8 bridgehead atoms. The Balaban J connectivity index is 0.000000256. The van der Waals surface area contributed by atoms with Crippen LogP contribution in [0.25, 0.3) is 23.2 Å². The minimum Gasteiger partial charge on any atom is -0.474 e. The van der Waals surface area contributed by atoms with Crippen LogP contribution in [0.5, 0.6) is 11.8 Å². The molecule has 490 valence electrons. The van der Waals surface area contributed by atoms with E-state index in [4.69, 9.17) is 37.3 Å². The van der Waals surface area contributed by atoms with Gasteiger partial charge in [0.15, 0.2) is 11.4 Å². The minimum atomic E-state index is -5.20. The van der Waals surface area contributed by atoms with Crippen molar-refractivity contribution in [3.05, 3.63) is 107 Å². The number of Topliss-reactive ketones (excluding diaryl/α,β-unsaturated/α-hetero) is 1. The Morgan fingerprint density at radius 3 is 1.36 bits per heavy atom. The first-order valence-corrected chi connectivity index (χ1v) is 27.7. The molecule has 4 aromatic heterocycles. The zero-order valence-corrected chi connectivity index (χ0v) is 49.4. The topological polar surface area (TPSA) is 254 Å². The maximum Gasteiger partial charge on any atom is 0.426 e. The molecular formula is C58H62F12N8O12. The van der Waals surface area contributed by atoms with Crippen molar-refractivity contribution in [2.75, 3.05) is 10.6 Å². The lowest BCUT2D eigenvalue weighted by atomic mass is 9.92. The van der Waals surface area contributed by atoms with Crippen molar-refractivity contribution in [3.8, 4) is 34.9 Å². The molecule has 0 saturated heterocycles. The number of ether oxygens (including phenoxy) is 6. The first-order valence-electron chi connectivity index (χ1n) is 27.7. The van der Waals surface area contributed by atoms with Gasteiger partial charge in [-0.3, -0.25) is 15.4 Å². The van der Waals surface area contributed by atoms with Crippen LogP contribution in [0.1, 0.15) is 141 Å². The number of carbonyl (C=O) groups excluding carboxylic acids is 3. The molecule has 6 heterocycles. The molecule has 0 radical (unpaired) electrons. The van der Waals surface area contributed by atoms with E-state index in [1.54, 1.807) is 48.5 Å². The van der Waals surface area contributed by atoms with Crippen molar-refractivity contribution in [1.82, 2.24) is 30.4 Å². The summed E-state index contributed by atoms with van der Waals surface area (Å²) < 4.78 is 218. The van der Waals surface area contributed by atoms with Crippen LogP contribution in [0.15, 0.2) is 81.6 Å². The van der Waals surface area contributed by atoms with Crippen molar-refractivity contribution in [2.24, 2.45) is 0 Å². The molecule has 0 saturated carbocycles. The number of hydrogen-bond donors (Lipinski definition) is 3. The fraction of sp³-hybridized carbons (Fsp3) is 0.500. The predicted octanol–water partition coefficient (Wildman–Crippen LogP) is 14.6. The van der Waals surface area contributed by atoms with E-state index in [1.807, 2.05) is 0 Å². The lowest BCUT2D eigenvalue weighted by molar-refractivity contribution is -0.301. The molecular weight excluding hydrogens is 1230 g/mol. The van der Waals surface area contributed by atoms with Crippen molar-refractivity contribution < 1.29 is 109 Å². The summed E-state index contributed by atoms with van der Waals surface area (Å²) in [5.74, 6) is -6.31. The average Bonchev–Trinajstić information content (AvgIpc) is 1.50. The van der Waals surface area contributed by atoms with Crippen LogP contribution in [-0.4, -0.2) is 95.3 Å². The third-order valence-corrected chi connectivity index (χ3v) is 13.3. The van der Waals surface area contributed by atoms with Gasteiger partial charge in [-0.1, -0.05) is 60.7 Å². The second kappa shape index (κ2) is 27.1. The minimum absolute atomic E-state index is 0.0321. The molecule has 5 atom stereocenters. The predicted molar refractivity (Wildman–Crippen MR) is 291 cm³/mol. The number of aromatic nitrogens is 6. The Hall–Kier alpha value is -8.13. The van der Waals surface area contributed by atoms with E-state index in [1.165, 1.54) is 67.5 Å². The summed E-state index contributed by atoms with van der Waals surface area (Å²) in [6, 6.07) is 16.8. The zero-order valence-electron chi connectivity index (χ0n) is 49.4. The van der Waals surface area contributed by atoms with Gasteiger partial charge in [-0.2, -0.15) is 52.7 Å². The van der Waals surface area contributed by atoms with Gasteiger partial charge in [0.25, 0.3) is 23.6 Å². The summed E-state index contributed by atoms with van der Waals surface area (Å²) >= 11 is 0. The molecule has 0 spiro atoms. The van der Waals surface area contributed by atoms with Crippen LogP contribution in [0.2, 0.25) is 0 Å². The molecule has 0 aliphatic carbocycles. The summed E-state index contributed by atoms with van der Waals surface area (Å²) in [6.45, 7) is 10.8. The van der Waals surface area contributed by atoms with E-state index < -0.39 is 192 Å². The number of halogens is 12. The molecule has 2 amide bonds. The summed E-state index contributed by atoms with van der Waals surface area (Å²) in [5, 5.41) is 29.3. The maximum atomic E-state index is 15.0. The molecule has 0 fully saturated rings. The first kappa shape index (κ1) is 69.3. The largest absolute Gasteiger partial charge is 0.474 e. The number of fused-ring (bicyclic) bond motifs is 10. The number of carbonyl (C=O) groups is 3. The number of alkyl halides is 12. The number of rotatable bonds is 8. The van der Waals surface area contributed by atoms with Crippen molar-refractivity contribution in [2.45, 2.75) is 185 Å². The number of anilines is 2. The molecule has 2 aliphatic heterocycles. The number of hydrogen-bond acceptors (Lipinski definition) is 18. The molecule has 32 heteroatoms. The van der Waals surface area contributed by atoms with Crippen molar-refractivity contribution in [1.29, 1.82) is 0 Å². The van der Waals surface area contributed by atoms with Crippen LogP contribution >= 0.6 is 0 Å². The van der Waals surface area contributed by atoms with Crippen LogP contribution in [0.3, 0.4) is 0 Å². The van der Waals surface area contributed by atoms with Gasteiger partial charge < -0.3 is 42.4 Å². The van der Waals surface area contributed by atoms with E-state index in [0.717, 1.165) is 0 Å². The average molecular weight is 1290 g/mol. The van der Waals surface area contributed by atoms with Gasteiger partial charge in [-0.15, -0.1) is 20.4 Å². The van der Waals surface area contributed by atoms with Gasteiger partial charge in [0.1, 0.15) is 28.1 Å². The lowest BCUT2D eigenvalue weighted by Gasteiger charge is -2.33. The first-order chi connectivity index (χ1) is 41.8. The number of amides is 2. The Kier molecular flexibility index (Phi) is 20.9. The highest BCUT2D eigenvalue weighted by molar-refractivity contribution is 5.90. The highest BCUT2D eigenvalue weighted by atomic mass is 19.4. The normalized spacial score (nSPS) is 20.6. The molecule has 8 rings (SSSR count). The third kappa shape index (κ3) is 17.6. The summed E-state index contributed by atoms with van der Waals surface area (Å²) in [5.41, 5.74) is -13.2. The number of benzene rings is 2. The molecule has 90 heavy (non-hydrogen) atoms.